The van der Waals surface area contributed by atoms with E-state index in [4.69, 9.17) is 0 Å². The average molecular weight is 306 g/mol. The first-order valence-electron chi connectivity index (χ1n) is 7.09. The molecule has 0 fully saturated rings. The molecular formula is C18H19F3N. The van der Waals surface area contributed by atoms with Gasteiger partial charge in [-0.15, -0.1) is 0 Å². The Labute approximate surface area is 129 Å². The lowest BCUT2D eigenvalue weighted by Crippen LogP contribution is -2.31. The summed E-state index contributed by atoms with van der Waals surface area (Å²) < 4.78 is 38.4. The van der Waals surface area contributed by atoms with Crippen LogP contribution in [0.1, 0.15) is 16.7 Å². The van der Waals surface area contributed by atoms with Gasteiger partial charge in [-0.25, -0.2) is 0 Å². The van der Waals surface area contributed by atoms with E-state index in [-0.39, 0.29) is 6.04 Å². The van der Waals surface area contributed by atoms with E-state index in [1.807, 2.05) is 55.7 Å². The molecule has 0 N–H and O–H groups in total. The molecule has 0 saturated heterocycles. The van der Waals surface area contributed by atoms with Crippen LogP contribution in [0, 0.1) is 6.42 Å². The predicted molar refractivity (Wildman–Crippen MR) is 82.5 cm³/mol. The van der Waals surface area contributed by atoms with E-state index in [1.165, 1.54) is 12.1 Å². The number of rotatable bonds is 5. The number of hydrogen-bond donors (Lipinski definition) is 0. The second-order valence-corrected chi connectivity index (χ2v) is 5.51. The Morgan fingerprint density at radius 1 is 1.00 bits per heavy atom. The molecule has 0 aliphatic rings. The molecule has 0 amide bonds. The van der Waals surface area contributed by atoms with Crippen LogP contribution in [-0.4, -0.2) is 25.0 Å². The molecule has 2 rings (SSSR count). The van der Waals surface area contributed by atoms with Crippen LogP contribution in [0.4, 0.5) is 13.2 Å². The van der Waals surface area contributed by atoms with E-state index in [0.717, 1.165) is 18.1 Å². The summed E-state index contributed by atoms with van der Waals surface area (Å²) in [5, 5.41) is 0. The van der Waals surface area contributed by atoms with Crippen LogP contribution >= 0.6 is 0 Å². The quantitative estimate of drug-likeness (QED) is 0.790. The molecule has 0 heterocycles. The number of halogens is 3. The first-order valence-corrected chi connectivity index (χ1v) is 7.09. The summed E-state index contributed by atoms with van der Waals surface area (Å²) in [4.78, 5) is 2.01. The summed E-state index contributed by atoms with van der Waals surface area (Å²) in [6.07, 6.45) is -1.68. The number of benzene rings is 2. The van der Waals surface area contributed by atoms with E-state index in [1.54, 1.807) is 6.07 Å². The third kappa shape index (κ3) is 4.60. The maximum absolute atomic E-state index is 12.8. The zero-order valence-electron chi connectivity index (χ0n) is 12.6. The molecular weight excluding hydrogens is 287 g/mol. The van der Waals surface area contributed by atoms with Crippen LogP contribution in [0.2, 0.25) is 0 Å². The number of nitrogens with zero attached hydrogens (tertiary/aromatic N) is 1. The first kappa shape index (κ1) is 16.6. The van der Waals surface area contributed by atoms with Crippen LogP contribution in [0.25, 0.3) is 0 Å². The second kappa shape index (κ2) is 6.97. The molecule has 0 aliphatic heterocycles. The summed E-state index contributed by atoms with van der Waals surface area (Å²) >= 11 is 0. The van der Waals surface area contributed by atoms with Crippen LogP contribution in [0.3, 0.4) is 0 Å². The molecule has 117 valence electrons. The number of hydrogen-bond acceptors (Lipinski definition) is 1. The van der Waals surface area contributed by atoms with Crippen molar-refractivity contribution < 1.29 is 13.2 Å². The van der Waals surface area contributed by atoms with Crippen LogP contribution < -0.4 is 0 Å². The highest BCUT2D eigenvalue weighted by Crippen LogP contribution is 2.30. The lowest BCUT2D eigenvalue weighted by atomic mass is 9.97. The van der Waals surface area contributed by atoms with Gasteiger partial charge in [0.05, 0.1) is 5.56 Å². The zero-order valence-corrected chi connectivity index (χ0v) is 12.6. The van der Waals surface area contributed by atoms with Crippen molar-refractivity contribution in [3.05, 3.63) is 77.7 Å². The van der Waals surface area contributed by atoms with Crippen molar-refractivity contribution >= 4 is 0 Å². The monoisotopic (exact) mass is 306 g/mol. The van der Waals surface area contributed by atoms with Gasteiger partial charge in [-0.2, -0.15) is 13.2 Å². The second-order valence-electron chi connectivity index (χ2n) is 5.51. The predicted octanol–water partition coefficient (Wildman–Crippen LogP) is 4.43. The van der Waals surface area contributed by atoms with Crippen molar-refractivity contribution in [1.82, 2.24) is 4.90 Å². The topological polar surface area (TPSA) is 3.24 Å². The van der Waals surface area contributed by atoms with Crippen molar-refractivity contribution in [2.24, 2.45) is 0 Å². The fraction of sp³-hybridized carbons (Fsp3) is 0.278. The molecule has 1 nitrogen and oxygen atoms in total. The number of likely N-dealkylation sites (N-methyl/N-ethyl adjacent to an activating group) is 1. The van der Waals surface area contributed by atoms with Crippen LogP contribution in [-0.2, 0) is 12.6 Å². The maximum Gasteiger partial charge on any atom is 0.416 e. The Kier molecular flexibility index (Phi) is 5.24. The van der Waals surface area contributed by atoms with Crippen LogP contribution in [0.15, 0.2) is 54.6 Å². The highest BCUT2D eigenvalue weighted by Gasteiger charge is 2.30. The smallest absolute Gasteiger partial charge is 0.305 e. The van der Waals surface area contributed by atoms with Gasteiger partial charge >= 0.3 is 6.18 Å². The zero-order chi connectivity index (χ0) is 16.2. The molecule has 0 spiro atoms. The Morgan fingerprint density at radius 2 is 1.68 bits per heavy atom. The van der Waals surface area contributed by atoms with Gasteiger partial charge in [0.15, 0.2) is 0 Å². The SMILES string of the molecule is CN(C)C([CH]c1cccc(C(F)(F)F)c1)Cc1ccccc1. The third-order valence-corrected chi connectivity index (χ3v) is 3.55. The van der Waals surface area contributed by atoms with Crippen molar-refractivity contribution in [3.8, 4) is 0 Å². The summed E-state index contributed by atoms with van der Waals surface area (Å²) in [6, 6.07) is 15.4. The van der Waals surface area contributed by atoms with Gasteiger partial charge in [-0.05, 0) is 37.7 Å². The van der Waals surface area contributed by atoms with Gasteiger partial charge in [0, 0.05) is 12.5 Å². The van der Waals surface area contributed by atoms with Crippen molar-refractivity contribution in [2.45, 2.75) is 18.6 Å². The normalized spacial score (nSPS) is 13.4. The lowest BCUT2D eigenvalue weighted by Gasteiger charge is -2.24. The molecule has 1 radical (unpaired) electrons. The molecule has 0 saturated carbocycles. The van der Waals surface area contributed by atoms with Crippen molar-refractivity contribution in [2.75, 3.05) is 14.1 Å². The number of alkyl halides is 3. The fourth-order valence-electron chi connectivity index (χ4n) is 2.29. The Morgan fingerprint density at radius 3 is 2.27 bits per heavy atom. The van der Waals surface area contributed by atoms with Gasteiger partial charge in [0.2, 0.25) is 0 Å². The van der Waals surface area contributed by atoms with Gasteiger partial charge < -0.3 is 4.90 Å². The molecule has 2 aromatic carbocycles. The molecule has 4 heteroatoms. The van der Waals surface area contributed by atoms with Gasteiger partial charge in [0.1, 0.15) is 0 Å². The minimum Gasteiger partial charge on any atom is -0.305 e. The Balaban J connectivity index is 2.15. The summed E-state index contributed by atoms with van der Waals surface area (Å²) in [6.45, 7) is 0. The van der Waals surface area contributed by atoms with E-state index in [9.17, 15) is 13.2 Å². The van der Waals surface area contributed by atoms with Crippen molar-refractivity contribution in [3.63, 3.8) is 0 Å². The van der Waals surface area contributed by atoms with E-state index < -0.39 is 11.7 Å². The van der Waals surface area contributed by atoms with E-state index in [2.05, 4.69) is 0 Å². The molecule has 0 aromatic heterocycles. The molecule has 0 aliphatic carbocycles. The first-order chi connectivity index (χ1) is 10.4. The molecule has 1 unspecified atom stereocenters. The highest BCUT2D eigenvalue weighted by molar-refractivity contribution is 5.32. The van der Waals surface area contributed by atoms with Gasteiger partial charge in [-0.1, -0.05) is 48.5 Å². The van der Waals surface area contributed by atoms with Gasteiger partial charge in [0.25, 0.3) is 0 Å². The van der Waals surface area contributed by atoms with Gasteiger partial charge in [-0.3, -0.25) is 0 Å². The lowest BCUT2D eigenvalue weighted by molar-refractivity contribution is -0.137. The average Bonchev–Trinajstić information content (AvgIpc) is 2.47. The Bertz CT molecular complexity index is 591. The van der Waals surface area contributed by atoms with Crippen LogP contribution in [0.5, 0.6) is 0 Å². The van der Waals surface area contributed by atoms with E-state index >= 15 is 0 Å². The van der Waals surface area contributed by atoms with Crippen molar-refractivity contribution in [1.29, 1.82) is 0 Å². The standard InChI is InChI=1S/C18H19F3N/c1-22(2)17(12-14-7-4-3-5-8-14)13-15-9-6-10-16(11-15)18(19,20)21/h3-11,13,17H,12H2,1-2H3. The minimum absolute atomic E-state index is 0.0332. The summed E-state index contributed by atoms with van der Waals surface area (Å²) in [7, 11) is 3.86. The molecule has 2 aromatic rings. The third-order valence-electron chi connectivity index (χ3n) is 3.55. The molecule has 0 bridgehead atoms. The molecule has 22 heavy (non-hydrogen) atoms. The minimum atomic E-state index is -4.31. The summed E-state index contributed by atoms with van der Waals surface area (Å²) in [5.74, 6) is 0. The molecule has 1 atom stereocenters. The maximum atomic E-state index is 12.8. The summed E-state index contributed by atoms with van der Waals surface area (Å²) in [5.41, 5.74) is 1.13. The highest BCUT2D eigenvalue weighted by atomic mass is 19.4. The van der Waals surface area contributed by atoms with E-state index in [0.29, 0.717) is 5.56 Å². The fourth-order valence-corrected chi connectivity index (χ4v) is 2.29. The Hall–Kier alpha value is -1.81. The largest absolute Gasteiger partial charge is 0.416 e.